The molecule has 3 aromatic rings. The fraction of sp³-hybridized carbons (Fsp3) is 0.235. The molecule has 0 bridgehead atoms. The van der Waals surface area contributed by atoms with E-state index in [2.05, 4.69) is 22.3 Å². The van der Waals surface area contributed by atoms with Gasteiger partial charge in [0.15, 0.2) is 5.13 Å². The topological polar surface area (TPSA) is 69.0 Å². The minimum absolute atomic E-state index is 0.223. The van der Waals surface area contributed by atoms with Crippen molar-refractivity contribution in [1.29, 1.82) is 0 Å². The fourth-order valence-electron chi connectivity index (χ4n) is 2.16. The molecule has 0 saturated carbocycles. The number of aryl methyl sites for hydroxylation is 1. The van der Waals surface area contributed by atoms with E-state index in [-0.39, 0.29) is 5.91 Å². The van der Waals surface area contributed by atoms with Crippen LogP contribution in [0.2, 0.25) is 0 Å². The molecular formula is C17H18N4O2S. The molecule has 7 heteroatoms. The number of ether oxygens (including phenoxy) is 1. The van der Waals surface area contributed by atoms with E-state index in [1.807, 2.05) is 29.6 Å². The van der Waals surface area contributed by atoms with Crippen molar-refractivity contribution in [3.63, 3.8) is 0 Å². The number of rotatable bonds is 6. The lowest BCUT2D eigenvalue weighted by Gasteiger charge is -2.04. The molecule has 0 atom stereocenters. The normalized spacial score (nSPS) is 10.6. The summed E-state index contributed by atoms with van der Waals surface area (Å²) in [5.74, 6) is 0.625. The van der Waals surface area contributed by atoms with Crippen molar-refractivity contribution in [2.24, 2.45) is 7.05 Å². The zero-order chi connectivity index (χ0) is 16.9. The summed E-state index contributed by atoms with van der Waals surface area (Å²) >= 11 is 1.39. The summed E-state index contributed by atoms with van der Waals surface area (Å²) in [4.78, 5) is 16.6. The second kappa shape index (κ2) is 7.27. The van der Waals surface area contributed by atoms with Gasteiger partial charge in [-0.15, -0.1) is 11.3 Å². The van der Waals surface area contributed by atoms with Gasteiger partial charge < -0.3 is 4.74 Å². The Labute approximate surface area is 144 Å². The first-order chi connectivity index (χ1) is 11.7. The largest absolute Gasteiger partial charge is 0.494 e. The SMILES string of the molecule is CCCOc1ccc(-c2csc(NC(=O)c3ccnn3C)n2)cc1. The third kappa shape index (κ3) is 3.62. The van der Waals surface area contributed by atoms with Gasteiger partial charge in [0.1, 0.15) is 11.4 Å². The van der Waals surface area contributed by atoms with Crippen molar-refractivity contribution < 1.29 is 9.53 Å². The van der Waals surface area contributed by atoms with Crippen LogP contribution in [0, 0.1) is 0 Å². The lowest BCUT2D eigenvalue weighted by molar-refractivity contribution is 0.101. The summed E-state index contributed by atoms with van der Waals surface area (Å²) in [6.45, 7) is 2.78. The number of anilines is 1. The summed E-state index contributed by atoms with van der Waals surface area (Å²) in [6.07, 6.45) is 2.57. The first kappa shape index (κ1) is 16.2. The van der Waals surface area contributed by atoms with Gasteiger partial charge in [-0.1, -0.05) is 6.92 Å². The van der Waals surface area contributed by atoms with Gasteiger partial charge in [-0.05, 0) is 36.8 Å². The Morgan fingerprint density at radius 3 is 2.75 bits per heavy atom. The Kier molecular flexibility index (Phi) is 4.90. The van der Waals surface area contributed by atoms with Crippen molar-refractivity contribution in [3.8, 4) is 17.0 Å². The van der Waals surface area contributed by atoms with Crippen LogP contribution in [0.3, 0.4) is 0 Å². The molecule has 0 spiro atoms. The Hall–Kier alpha value is -2.67. The van der Waals surface area contributed by atoms with Gasteiger partial charge >= 0.3 is 0 Å². The highest BCUT2D eigenvalue weighted by Crippen LogP contribution is 2.26. The number of thiazole rings is 1. The van der Waals surface area contributed by atoms with E-state index in [0.717, 1.165) is 23.4 Å². The highest BCUT2D eigenvalue weighted by atomic mass is 32.1. The average molecular weight is 342 g/mol. The van der Waals surface area contributed by atoms with E-state index in [1.54, 1.807) is 19.3 Å². The summed E-state index contributed by atoms with van der Waals surface area (Å²) in [5, 5.41) is 9.26. The third-order valence-corrected chi connectivity index (χ3v) is 4.16. The minimum atomic E-state index is -0.223. The second-order valence-electron chi connectivity index (χ2n) is 5.20. The molecule has 2 heterocycles. The maximum atomic E-state index is 12.2. The van der Waals surface area contributed by atoms with Gasteiger partial charge in [0.05, 0.1) is 12.3 Å². The van der Waals surface area contributed by atoms with Crippen LogP contribution in [0.25, 0.3) is 11.3 Å². The number of carbonyl (C=O) groups excluding carboxylic acids is 1. The molecule has 0 aliphatic rings. The number of hydrogen-bond acceptors (Lipinski definition) is 5. The summed E-state index contributed by atoms with van der Waals surface area (Å²) in [5.41, 5.74) is 2.29. The Morgan fingerprint density at radius 1 is 1.29 bits per heavy atom. The molecule has 6 nitrogen and oxygen atoms in total. The van der Waals surface area contributed by atoms with Crippen LogP contribution in [0.4, 0.5) is 5.13 Å². The van der Waals surface area contributed by atoms with Crippen LogP contribution in [0.1, 0.15) is 23.8 Å². The van der Waals surface area contributed by atoms with Gasteiger partial charge in [0.2, 0.25) is 0 Å². The highest BCUT2D eigenvalue weighted by Gasteiger charge is 2.12. The van der Waals surface area contributed by atoms with Gasteiger partial charge in [0, 0.05) is 24.2 Å². The zero-order valence-electron chi connectivity index (χ0n) is 13.5. The van der Waals surface area contributed by atoms with Gasteiger partial charge in [-0.25, -0.2) is 4.98 Å². The van der Waals surface area contributed by atoms with Crippen molar-refractivity contribution >= 4 is 22.4 Å². The van der Waals surface area contributed by atoms with E-state index < -0.39 is 0 Å². The molecule has 0 saturated heterocycles. The molecule has 1 aromatic carbocycles. The quantitative estimate of drug-likeness (QED) is 0.743. The predicted molar refractivity (Wildman–Crippen MR) is 94.5 cm³/mol. The molecule has 24 heavy (non-hydrogen) atoms. The number of hydrogen-bond donors (Lipinski definition) is 1. The molecule has 3 rings (SSSR count). The van der Waals surface area contributed by atoms with E-state index in [9.17, 15) is 4.79 Å². The lowest BCUT2D eigenvalue weighted by atomic mass is 10.2. The second-order valence-corrected chi connectivity index (χ2v) is 6.06. The van der Waals surface area contributed by atoms with Crippen LogP contribution >= 0.6 is 11.3 Å². The Bertz CT molecular complexity index is 823. The number of amides is 1. The third-order valence-electron chi connectivity index (χ3n) is 3.40. The predicted octanol–water partition coefficient (Wildman–Crippen LogP) is 3.58. The molecule has 0 radical (unpaired) electrons. The Morgan fingerprint density at radius 2 is 2.08 bits per heavy atom. The molecule has 1 amide bonds. The van der Waals surface area contributed by atoms with E-state index >= 15 is 0 Å². The van der Waals surface area contributed by atoms with Crippen LogP contribution in [0.15, 0.2) is 41.9 Å². The monoisotopic (exact) mass is 342 g/mol. The van der Waals surface area contributed by atoms with E-state index in [0.29, 0.717) is 17.4 Å². The van der Waals surface area contributed by atoms with Crippen LogP contribution < -0.4 is 10.1 Å². The molecule has 0 aliphatic carbocycles. The number of benzene rings is 1. The summed E-state index contributed by atoms with van der Waals surface area (Å²) in [6, 6.07) is 9.45. The zero-order valence-corrected chi connectivity index (χ0v) is 14.3. The van der Waals surface area contributed by atoms with Crippen LogP contribution in [-0.2, 0) is 7.05 Å². The van der Waals surface area contributed by atoms with Crippen molar-refractivity contribution in [2.45, 2.75) is 13.3 Å². The van der Waals surface area contributed by atoms with E-state index in [4.69, 9.17) is 4.74 Å². The minimum Gasteiger partial charge on any atom is -0.494 e. The maximum Gasteiger partial charge on any atom is 0.275 e. The van der Waals surface area contributed by atoms with Gasteiger partial charge in [0.25, 0.3) is 5.91 Å². The smallest absolute Gasteiger partial charge is 0.275 e. The van der Waals surface area contributed by atoms with Gasteiger partial charge in [-0.3, -0.25) is 14.8 Å². The number of carbonyl (C=O) groups is 1. The van der Waals surface area contributed by atoms with Crippen LogP contribution in [-0.4, -0.2) is 27.3 Å². The molecule has 0 unspecified atom stereocenters. The highest BCUT2D eigenvalue weighted by molar-refractivity contribution is 7.14. The molecular weight excluding hydrogens is 324 g/mol. The summed E-state index contributed by atoms with van der Waals surface area (Å²) < 4.78 is 7.10. The standard InChI is InChI=1S/C17H18N4O2S/c1-3-10-23-13-6-4-12(5-7-13)14-11-24-17(19-14)20-16(22)15-8-9-18-21(15)2/h4-9,11H,3,10H2,1-2H3,(H,19,20,22). The fourth-order valence-corrected chi connectivity index (χ4v) is 2.88. The van der Waals surface area contributed by atoms with Crippen LogP contribution in [0.5, 0.6) is 5.75 Å². The van der Waals surface area contributed by atoms with Crippen molar-refractivity contribution in [2.75, 3.05) is 11.9 Å². The average Bonchev–Trinajstić information content (AvgIpc) is 3.22. The molecule has 124 valence electrons. The molecule has 0 aliphatic heterocycles. The van der Waals surface area contributed by atoms with Crippen molar-refractivity contribution in [1.82, 2.24) is 14.8 Å². The number of aromatic nitrogens is 3. The number of nitrogens with one attached hydrogen (secondary N) is 1. The maximum absolute atomic E-state index is 12.2. The molecule has 1 N–H and O–H groups in total. The van der Waals surface area contributed by atoms with E-state index in [1.165, 1.54) is 16.0 Å². The van der Waals surface area contributed by atoms with Crippen molar-refractivity contribution in [3.05, 3.63) is 47.6 Å². The molecule has 2 aromatic heterocycles. The molecule has 0 fully saturated rings. The van der Waals surface area contributed by atoms with Gasteiger partial charge in [-0.2, -0.15) is 5.10 Å². The first-order valence-electron chi connectivity index (χ1n) is 7.65. The lowest BCUT2D eigenvalue weighted by Crippen LogP contribution is -2.15. The number of nitrogens with zero attached hydrogens (tertiary/aromatic N) is 3. The summed E-state index contributed by atoms with van der Waals surface area (Å²) in [7, 11) is 1.73. The Balaban J connectivity index is 1.69. The first-order valence-corrected chi connectivity index (χ1v) is 8.53.